The van der Waals surface area contributed by atoms with Crippen molar-refractivity contribution >= 4 is 34.0 Å². The fraction of sp³-hybridized carbons (Fsp3) is 0.160. The molecule has 1 amide bonds. The molecular formula is C25H23BrN2O7. The topological polar surface area (TPSA) is 105 Å². The van der Waals surface area contributed by atoms with Crippen molar-refractivity contribution in [1.82, 2.24) is 5.43 Å². The summed E-state index contributed by atoms with van der Waals surface area (Å²) in [6, 6.07) is 16.7. The van der Waals surface area contributed by atoms with E-state index in [1.807, 2.05) is 0 Å². The molecule has 0 heterocycles. The summed E-state index contributed by atoms with van der Waals surface area (Å²) < 4.78 is 27.4. The van der Waals surface area contributed by atoms with Gasteiger partial charge >= 0.3 is 5.97 Å². The third kappa shape index (κ3) is 6.97. The zero-order valence-electron chi connectivity index (χ0n) is 19.2. The highest BCUT2D eigenvalue weighted by Crippen LogP contribution is 2.29. The van der Waals surface area contributed by atoms with Gasteiger partial charge in [0, 0.05) is 10.0 Å². The Hall–Kier alpha value is -4.05. The van der Waals surface area contributed by atoms with E-state index in [-0.39, 0.29) is 17.9 Å². The van der Waals surface area contributed by atoms with E-state index in [0.717, 1.165) is 4.47 Å². The average Bonchev–Trinajstić information content (AvgIpc) is 2.88. The van der Waals surface area contributed by atoms with E-state index < -0.39 is 11.9 Å². The van der Waals surface area contributed by atoms with Crippen molar-refractivity contribution in [2.75, 3.05) is 27.9 Å². The second-order valence-electron chi connectivity index (χ2n) is 6.87. The lowest BCUT2D eigenvalue weighted by atomic mass is 10.2. The summed E-state index contributed by atoms with van der Waals surface area (Å²) in [7, 11) is 4.50. The number of para-hydroxylation sites is 2. The number of hydrazone groups is 1. The van der Waals surface area contributed by atoms with Crippen LogP contribution in [0.5, 0.6) is 28.7 Å². The van der Waals surface area contributed by atoms with Crippen molar-refractivity contribution in [3.63, 3.8) is 0 Å². The summed E-state index contributed by atoms with van der Waals surface area (Å²) in [5, 5.41) is 3.94. The second kappa shape index (κ2) is 12.4. The standard InChI is InChI=1S/C25H23BrN2O7/c1-31-20-6-4-5-7-22(20)34-15-24(29)28-27-14-17-12-18(26)9-11-19(17)35-25(30)16-8-10-21(32-2)23(13-16)33-3/h4-14H,15H2,1-3H3,(H,28,29)/b27-14+. The summed E-state index contributed by atoms with van der Waals surface area (Å²) in [6.45, 7) is -0.267. The van der Waals surface area contributed by atoms with Crippen LogP contribution >= 0.6 is 15.9 Å². The number of ether oxygens (including phenoxy) is 5. The number of benzene rings is 3. The lowest BCUT2D eigenvalue weighted by Gasteiger charge is -2.11. The fourth-order valence-corrected chi connectivity index (χ4v) is 3.30. The van der Waals surface area contributed by atoms with Gasteiger partial charge in [-0.15, -0.1) is 0 Å². The first-order chi connectivity index (χ1) is 16.9. The van der Waals surface area contributed by atoms with Crippen molar-refractivity contribution in [1.29, 1.82) is 0 Å². The largest absolute Gasteiger partial charge is 0.493 e. The van der Waals surface area contributed by atoms with Crippen LogP contribution in [0, 0.1) is 0 Å². The molecule has 1 N–H and O–H groups in total. The minimum absolute atomic E-state index is 0.247. The van der Waals surface area contributed by atoms with Gasteiger partial charge in [-0.3, -0.25) is 4.79 Å². The molecule has 0 atom stereocenters. The van der Waals surface area contributed by atoms with Crippen molar-refractivity contribution < 1.29 is 33.3 Å². The molecule has 182 valence electrons. The van der Waals surface area contributed by atoms with Crippen LogP contribution in [0.15, 0.2) is 70.2 Å². The Kier molecular flexibility index (Phi) is 9.08. The number of carbonyl (C=O) groups excluding carboxylic acids is 2. The normalized spacial score (nSPS) is 10.5. The van der Waals surface area contributed by atoms with Crippen LogP contribution in [-0.2, 0) is 4.79 Å². The van der Waals surface area contributed by atoms with E-state index in [4.69, 9.17) is 23.7 Å². The molecule has 3 aromatic carbocycles. The maximum atomic E-state index is 12.7. The van der Waals surface area contributed by atoms with Crippen LogP contribution in [0.25, 0.3) is 0 Å². The smallest absolute Gasteiger partial charge is 0.343 e. The van der Waals surface area contributed by atoms with Crippen LogP contribution in [-0.4, -0.2) is 46.0 Å². The third-order valence-corrected chi connectivity index (χ3v) is 5.11. The Morgan fingerprint density at radius 2 is 1.51 bits per heavy atom. The van der Waals surface area contributed by atoms with E-state index >= 15 is 0 Å². The zero-order valence-corrected chi connectivity index (χ0v) is 20.8. The van der Waals surface area contributed by atoms with Gasteiger partial charge in [0.1, 0.15) is 5.75 Å². The van der Waals surface area contributed by atoms with Crippen molar-refractivity contribution in [3.05, 3.63) is 76.3 Å². The van der Waals surface area contributed by atoms with Gasteiger partial charge in [0.05, 0.1) is 33.1 Å². The van der Waals surface area contributed by atoms with Gasteiger partial charge in [-0.25, -0.2) is 10.2 Å². The third-order valence-electron chi connectivity index (χ3n) is 4.61. The van der Waals surface area contributed by atoms with E-state index in [0.29, 0.717) is 28.6 Å². The van der Waals surface area contributed by atoms with Gasteiger partial charge in [-0.05, 0) is 48.5 Å². The van der Waals surface area contributed by atoms with Gasteiger partial charge < -0.3 is 23.7 Å². The molecule has 0 aliphatic rings. The van der Waals surface area contributed by atoms with Gasteiger partial charge in [-0.2, -0.15) is 5.10 Å². The molecule has 0 bridgehead atoms. The molecule has 3 rings (SSSR count). The first-order valence-corrected chi connectivity index (χ1v) is 11.1. The maximum absolute atomic E-state index is 12.7. The summed E-state index contributed by atoms with van der Waals surface area (Å²) in [5.74, 6) is 1.01. The maximum Gasteiger partial charge on any atom is 0.343 e. The quantitative estimate of drug-likeness (QED) is 0.177. The molecule has 0 fully saturated rings. The summed E-state index contributed by atoms with van der Waals surface area (Å²) in [4.78, 5) is 24.8. The molecule has 0 aliphatic heterocycles. The molecule has 0 unspecified atom stereocenters. The number of halogens is 1. The lowest BCUT2D eigenvalue weighted by molar-refractivity contribution is -0.123. The van der Waals surface area contributed by atoms with Crippen molar-refractivity contribution in [3.8, 4) is 28.7 Å². The van der Waals surface area contributed by atoms with Crippen LogP contribution < -0.4 is 29.1 Å². The molecule has 0 aromatic heterocycles. The Balaban J connectivity index is 1.66. The van der Waals surface area contributed by atoms with Crippen LogP contribution in [0.1, 0.15) is 15.9 Å². The lowest BCUT2D eigenvalue weighted by Crippen LogP contribution is -2.24. The highest BCUT2D eigenvalue weighted by Gasteiger charge is 2.15. The first-order valence-electron chi connectivity index (χ1n) is 10.3. The predicted octanol–water partition coefficient (Wildman–Crippen LogP) is 4.22. The molecule has 35 heavy (non-hydrogen) atoms. The zero-order chi connectivity index (χ0) is 25.2. The van der Waals surface area contributed by atoms with E-state index in [2.05, 4.69) is 26.5 Å². The number of hydrogen-bond donors (Lipinski definition) is 1. The van der Waals surface area contributed by atoms with Gasteiger partial charge in [0.15, 0.2) is 29.6 Å². The van der Waals surface area contributed by atoms with Gasteiger partial charge in [0.2, 0.25) is 0 Å². The van der Waals surface area contributed by atoms with E-state index in [1.54, 1.807) is 54.6 Å². The fourth-order valence-electron chi connectivity index (χ4n) is 2.92. The Bertz CT molecular complexity index is 1230. The first kappa shape index (κ1) is 25.6. The predicted molar refractivity (Wildman–Crippen MR) is 133 cm³/mol. The summed E-state index contributed by atoms with van der Waals surface area (Å²) in [5.41, 5.74) is 3.11. The highest BCUT2D eigenvalue weighted by molar-refractivity contribution is 9.10. The molecular weight excluding hydrogens is 520 g/mol. The molecule has 0 saturated carbocycles. The van der Waals surface area contributed by atoms with Crippen LogP contribution in [0.3, 0.4) is 0 Å². The molecule has 10 heteroatoms. The average molecular weight is 543 g/mol. The Morgan fingerprint density at radius 1 is 0.857 bits per heavy atom. The van der Waals surface area contributed by atoms with Gasteiger partial charge in [-0.1, -0.05) is 28.1 Å². The molecule has 0 saturated heterocycles. The number of esters is 1. The molecule has 9 nitrogen and oxygen atoms in total. The second-order valence-corrected chi connectivity index (χ2v) is 7.79. The van der Waals surface area contributed by atoms with Crippen LogP contribution in [0.4, 0.5) is 0 Å². The van der Waals surface area contributed by atoms with E-state index in [9.17, 15) is 9.59 Å². The summed E-state index contributed by atoms with van der Waals surface area (Å²) in [6.07, 6.45) is 1.36. The summed E-state index contributed by atoms with van der Waals surface area (Å²) >= 11 is 3.38. The van der Waals surface area contributed by atoms with Crippen molar-refractivity contribution in [2.24, 2.45) is 5.10 Å². The van der Waals surface area contributed by atoms with Crippen molar-refractivity contribution in [2.45, 2.75) is 0 Å². The Labute approximate surface area is 210 Å². The minimum atomic E-state index is -0.600. The number of rotatable bonds is 10. The van der Waals surface area contributed by atoms with Crippen LogP contribution in [0.2, 0.25) is 0 Å². The van der Waals surface area contributed by atoms with Gasteiger partial charge in [0.25, 0.3) is 5.91 Å². The molecule has 0 radical (unpaired) electrons. The SMILES string of the molecule is COc1ccc(C(=O)Oc2ccc(Br)cc2/C=N/NC(=O)COc2ccccc2OC)cc1OC. The molecule has 0 spiro atoms. The number of methoxy groups -OCH3 is 3. The number of amides is 1. The Morgan fingerprint density at radius 3 is 2.23 bits per heavy atom. The van der Waals surface area contributed by atoms with E-state index in [1.165, 1.54) is 33.6 Å². The number of hydrogen-bond acceptors (Lipinski definition) is 8. The highest BCUT2D eigenvalue weighted by atomic mass is 79.9. The monoisotopic (exact) mass is 542 g/mol. The number of nitrogens with one attached hydrogen (secondary N) is 1. The number of carbonyl (C=O) groups is 2. The molecule has 0 aliphatic carbocycles. The molecule has 3 aromatic rings. The number of nitrogens with zero attached hydrogens (tertiary/aromatic N) is 1. The minimum Gasteiger partial charge on any atom is -0.493 e.